The molecule has 0 aromatic carbocycles. The van der Waals surface area contributed by atoms with E-state index in [9.17, 15) is 4.79 Å². The first-order chi connectivity index (χ1) is 6.70. The summed E-state index contributed by atoms with van der Waals surface area (Å²) in [5, 5.41) is 8.96. The van der Waals surface area contributed by atoms with Crippen LogP contribution in [0.15, 0.2) is 0 Å². The predicted octanol–water partition coefficient (Wildman–Crippen LogP) is 1.83. The van der Waals surface area contributed by atoms with Gasteiger partial charge in [-0.1, -0.05) is 20.3 Å². The highest BCUT2D eigenvalue weighted by atomic mass is 32.2. The maximum Gasteiger partial charge on any atom is 0.315 e. The zero-order valence-electron chi connectivity index (χ0n) is 8.99. The second-order valence-corrected chi connectivity index (χ2v) is 4.63. The lowest BCUT2D eigenvalue weighted by atomic mass is 10.3. The van der Waals surface area contributed by atoms with Gasteiger partial charge in [-0.3, -0.25) is 4.79 Å². The highest BCUT2D eigenvalue weighted by Crippen LogP contribution is 2.13. The minimum Gasteiger partial charge on any atom is -0.465 e. The predicted molar refractivity (Wildman–Crippen MR) is 59.5 cm³/mol. The molecule has 0 spiro atoms. The smallest absolute Gasteiger partial charge is 0.315 e. The van der Waals surface area contributed by atoms with Gasteiger partial charge in [-0.25, -0.2) is 0 Å². The molecule has 0 aromatic heterocycles. The van der Waals surface area contributed by atoms with Crippen LogP contribution < -0.4 is 0 Å². The van der Waals surface area contributed by atoms with E-state index in [0.29, 0.717) is 17.6 Å². The van der Waals surface area contributed by atoms with E-state index in [1.165, 1.54) is 11.8 Å². The maximum absolute atomic E-state index is 11.1. The van der Waals surface area contributed by atoms with Crippen LogP contribution in [-0.4, -0.2) is 35.3 Å². The summed E-state index contributed by atoms with van der Waals surface area (Å²) in [4.78, 5) is 11.1. The third-order valence-electron chi connectivity index (χ3n) is 1.78. The lowest BCUT2D eigenvalue weighted by Crippen LogP contribution is -2.11. The van der Waals surface area contributed by atoms with Crippen molar-refractivity contribution in [1.29, 1.82) is 0 Å². The molecule has 0 fully saturated rings. The quantitative estimate of drug-likeness (QED) is 0.501. The van der Waals surface area contributed by atoms with Crippen LogP contribution in [-0.2, 0) is 9.53 Å². The molecule has 0 aliphatic rings. The Hall–Kier alpha value is -0.220. The van der Waals surface area contributed by atoms with E-state index in [-0.39, 0.29) is 12.6 Å². The van der Waals surface area contributed by atoms with Crippen molar-refractivity contribution in [2.24, 2.45) is 0 Å². The molecule has 84 valence electrons. The first kappa shape index (κ1) is 13.8. The molecule has 1 unspecified atom stereocenters. The van der Waals surface area contributed by atoms with Gasteiger partial charge >= 0.3 is 5.97 Å². The molecular formula is C10H20O3S. The Kier molecular flexibility index (Phi) is 9.19. The first-order valence-corrected chi connectivity index (χ1v) is 6.13. The summed E-state index contributed by atoms with van der Waals surface area (Å²) < 4.78 is 4.99. The molecule has 0 rings (SSSR count). The lowest BCUT2D eigenvalue weighted by molar-refractivity contribution is -0.140. The van der Waals surface area contributed by atoms with Gasteiger partial charge in [0.2, 0.25) is 0 Å². The van der Waals surface area contributed by atoms with E-state index in [4.69, 9.17) is 9.84 Å². The van der Waals surface area contributed by atoms with E-state index in [2.05, 4.69) is 6.92 Å². The summed E-state index contributed by atoms with van der Waals surface area (Å²) in [5.41, 5.74) is 0. The monoisotopic (exact) mass is 220 g/mol. The van der Waals surface area contributed by atoms with Gasteiger partial charge in [-0.05, 0) is 12.8 Å². The molecule has 0 aliphatic heterocycles. The summed E-state index contributed by atoms with van der Waals surface area (Å²) in [6.07, 6.45) is 2.71. The minimum atomic E-state index is -0.145. The number of carbonyl (C=O) groups is 1. The molecule has 0 saturated heterocycles. The van der Waals surface area contributed by atoms with Gasteiger partial charge in [0.25, 0.3) is 0 Å². The fraction of sp³-hybridized carbons (Fsp3) is 0.900. The molecule has 3 nitrogen and oxygen atoms in total. The Morgan fingerprint density at radius 3 is 2.86 bits per heavy atom. The molecule has 0 aromatic rings. The SMILES string of the molecule is CCCCOC(=O)CSC(C)CCO. The van der Waals surface area contributed by atoms with Crippen molar-refractivity contribution < 1.29 is 14.6 Å². The lowest BCUT2D eigenvalue weighted by Gasteiger charge is -2.08. The first-order valence-electron chi connectivity index (χ1n) is 5.08. The molecule has 4 heteroatoms. The normalized spacial score (nSPS) is 12.5. The van der Waals surface area contributed by atoms with Crippen molar-refractivity contribution >= 4 is 17.7 Å². The van der Waals surface area contributed by atoms with Crippen molar-refractivity contribution in [3.05, 3.63) is 0 Å². The fourth-order valence-corrected chi connectivity index (χ4v) is 1.62. The summed E-state index contributed by atoms with van der Waals surface area (Å²) in [6, 6.07) is 0. The minimum absolute atomic E-state index is 0.145. The van der Waals surface area contributed by atoms with Crippen molar-refractivity contribution in [2.75, 3.05) is 19.0 Å². The van der Waals surface area contributed by atoms with Crippen LogP contribution in [0.3, 0.4) is 0 Å². The van der Waals surface area contributed by atoms with E-state index in [1.54, 1.807) is 0 Å². The maximum atomic E-state index is 11.1. The van der Waals surface area contributed by atoms with Crippen molar-refractivity contribution in [1.82, 2.24) is 0 Å². The Bertz CT molecular complexity index is 150. The molecule has 14 heavy (non-hydrogen) atoms. The molecule has 0 amide bonds. The van der Waals surface area contributed by atoms with E-state index < -0.39 is 0 Å². The number of thioether (sulfide) groups is 1. The number of ether oxygens (including phenoxy) is 1. The molecule has 0 bridgehead atoms. The standard InChI is InChI=1S/C10H20O3S/c1-3-4-7-13-10(12)8-14-9(2)5-6-11/h9,11H,3-8H2,1-2H3. The molecule has 0 saturated carbocycles. The van der Waals surface area contributed by atoms with E-state index in [1.807, 2.05) is 6.92 Å². The van der Waals surface area contributed by atoms with Gasteiger partial charge in [-0.15, -0.1) is 11.8 Å². The Morgan fingerprint density at radius 1 is 1.57 bits per heavy atom. The number of hydrogen-bond acceptors (Lipinski definition) is 4. The van der Waals surface area contributed by atoms with Crippen LogP contribution in [0.1, 0.15) is 33.1 Å². The number of rotatable bonds is 8. The van der Waals surface area contributed by atoms with Crippen LogP contribution in [0.25, 0.3) is 0 Å². The number of unbranched alkanes of at least 4 members (excludes halogenated alkanes) is 1. The van der Waals surface area contributed by atoms with Gasteiger partial charge in [0.15, 0.2) is 0 Å². The van der Waals surface area contributed by atoms with Crippen LogP contribution in [0, 0.1) is 0 Å². The summed E-state index contributed by atoms with van der Waals surface area (Å²) in [7, 11) is 0. The zero-order chi connectivity index (χ0) is 10.8. The average molecular weight is 220 g/mol. The highest BCUT2D eigenvalue weighted by Gasteiger charge is 2.07. The Balaban J connectivity index is 3.34. The molecule has 1 atom stereocenters. The number of aliphatic hydroxyl groups excluding tert-OH is 1. The van der Waals surface area contributed by atoms with Gasteiger partial charge in [0.1, 0.15) is 0 Å². The number of carbonyl (C=O) groups excluding carboxylic acids is 1. The van der Waals surface area contributed by atoms with Crippen LogP contribution >= 0.6 is 11.8 Å². The van der Waals surface area contributed by atoms with Crippen LogP contribution in [0.2, 0.25) is 0 Å². The van der Waals surface area contributed by atoms with Gasteiger partial charge < -0.3 is 9.84 Å². The van der Waals surface area contributed by atoms with Crippen molar-refractivity contribution in [2.45, 2.75) is 38.4 Å². The van der Waals surface area contributed by atoms with Gasteiger partial charge in [-0.2, -0.15) is 0 Å². The topological polar surface area (TPSA) is 46.5 Å². The van der Waals surface area contributed by atoms with Crippen molar-refractivity contribution in [3.63, 3.8) is 0 Å². The summed E-state index contributed by atoms with van der Waals surface area (Å²) in [6.45, 7) is 4.77. The molecule has 0 radical (unpaired) electrons. The van der Waals surface area contributed by atoms with Crippen LogP contribution in [0.4, 0.5) is 0 Å². The van der Waals surface area contributed by atoms with E-state index in [0.717, 1.165) is 19.3 Å². The van der Waals surface area contributed by atoms with Crippen LogP contribution in [0.5, 0.6) is 0 Å². The Morgan fingerprint density at radius 2 is 2.29 bits per heavy atom. The number of esters is 1. The van der Waals surface area contributed by atoms with Gasteiger partial charge in [0.05, 0.1) is 12.4 Å². The fourth-order valence-electron chi connectivity index (χ4n) is 0.847. The molecule has 0 aliphatic carbocycles. The third kappa shape index (κ3) is 8.38. The van der Waals surface area contributed by atoms with Gasteiger partial charge in [0, 0.05) is 11.9 Å². The average Bonchev–Trinajstić information content (AvgIpc) is 2.16. The number of aliphatic hydroxyl groups is 1. The zero-order valence-corrected chi connectivity index (χ0v) is 9.81. The summed E-state index contributed by atoms with van der Waals surface area (Å²) in [5.74, 6) is 0.249. The second-order valence-electron chi connectivity index (χ2n) is 3.21. The molecule has 0 heterocycles. The third-order valence-corrected chi connectivity index (χ3v) is 2.99. The number of hydrogen-bond donors (Lipinski definition) is 1. The molecule has 1 N–H and O–H groups in total. The second kappa shape index (κ2) is 9.34. The largest absolute Gasteiger partial charge is 0.465 e. The van der Waals surface area contributed by atoms with E-state index >= 15 is 0 Å². The Labute approximate surface area is 90.2 Å². The summed E-state index contributed by atoms with van der Waals surface area (Å²) >= 11 is 1.53. The molecular weight excluding hydrogens is 200 g/mol. The highest BCUT2D eigenvalue weighted by molar-refractivity contribution is 8.00. The van der Waals surface area contributed by atoms with Crippen molar-refractivity contribution in [3.8, 4) is 0 Å².